The molecule has 0 fully saturated rings. The topological polar surface area (TPSA) is 85.4 Å². The number of rotatable bonds is 6. The molecule has 2 rings (SSSR count). The van der Waals surface area contributed by atoms with E-state index in [1.54, 1.807) is 12.3 Å². The Balaban J connectivity index is 2.22. The fourth-order valence-electron chi connectivity index (χ4n) is 1.75. The number of aromatic nitrogens is 1. The van der Waals surface area contributed by atoms with Crippen molar-refractivity contribution >= 4 is 67.3 Å². The van der Waals surface area contributed by atoms with Crippen LogP contribution < -0.4 is 4.72 Å². The second-order valence-electron chi connectivity index (χ2n) is 4.43. The van der Waals surface area contributed by atoms with Crippen LogP contribution in [0.15, 0.2) is 22.4 Å². The Hall–Kier alpha value is -1.06. The number of halogens is 3. The molecule has 0 radical (unpaired) electrons. The van der Waals surface area contributed by atoms with Crippen molar-refractivity contribution in [2.75, 3.05) is 11.3 Å². The first kappa shape index (κ1) is 19.3. The van der Waals surface area contributed by atoms with Crippen LogP contribution in [0.25, 0.3) is 0 Å². The molecule has 0 bridgehead atoms. The second-order valence-corrected chi connectivity index (χ2v) is 8.16. The lowest BCUT2D eigenvalue weighted by molar-refractivity contribution is -0.142. The van der Waals surface area contributed by atoms with Gasteiger partial charge >= 0.3 is 5.97 Å². The summed E-state index contributed by atoms with van der Waals surface area (Å²) in [4.78, 5) is 15.1. The van der Waals surface area contributed by atoms with E-state index in [4.69, 9.17) is 39.5 Å². The Bertz CT molecular complexity index is 845. The Morgan fingerprint density at radius 2 is 1.92 bits per heavy atom. The second kappa shape index (κ2) is 7.88. The highest BCUT2D eigenvalue weighted by Crippen LogP contribution is 2.34. The van der Waals surface area contributed by atoms with Crippen LogP contribution >= 0.6 is 46.1 Å². The maximum Gasteiger partial charge on any atom is 0.311 e. The standard InChI is InChI=1S/C13H11Cl3N2O4S2/c1-2-22-11(19)5-8-6-23-13(17-8)18-24(20,21)12-9(15)3-7(14)4-10(12)16/h3-4,6H,2,5H2,1H3,(H,17,18). The lowest BCUT2D eigenvalue weighted by atomic mass is 10.3. The number of nitrogens with one attached hydrogen (secondary N) is 1. The highest BCUT2D eigenvalue weighted by Gasteiger charge is 2.24. The van der Waals surface area contributed by atoms with Gasteiger partial charge in [0.05, 0.1) is 28.8 Å². The molecule has 0 atom stereocenters. The number of benzene rings is 1. The summed E-state index contributed by atoms with van der Waals surface area (Å²) in [6.45, 7) is 1.95. The van der Waals surface area contributed by atoms with Crippen molar-refractivity contribution in [3.05, 3.63) is 38.3 Å². The van der Waals surface area contributed by atoms with Crippen molar-refractivity contribution in [1.82, 2.24) is 4.98 Å². The molecule has 24 heavy (non-hydrogen) atoms. The minimum Gasteiger partial charge on any atom is -0.466 e. The van der Waals surface area contributed by atoms with Crippen LogP contribution in [0.5, 0.6) is 0 Å². The van der Waals surface area contributed by atoms with Gasteiger partial charge in [-0.2, -0.15) is 0 Å². The smallest absolute Gasteiger partial charge is 0.311 e. The summed E-state index contributed by atoms with van der Waals surface area (Å²) in [6, 6.07) is 2.55. The first-order valence-electron chi connectivity index (χ1n) is 6.50. The van der Waals surface area contributed by atoms with E-state index in [0.717, 1.165) is 11.3 Å². The van der Waals surface area contributed by atoms with Gasteiger partial charge in [-0.25, -0.2) is 13.4 Å². The molecule has 0 aliphatic carbocycles. The molecule has 0 unspecified atom stereocenters. The molecule has 1 N–H and O–H groups in total. The summed E-state index contributed by atoms with van der Waals surface area (Å²) in [7, 11) is -4.06. The number of thiazole rings is 1. The quantitative estimate of drug-likeness (QED) is 0.701. The molecule has 0 aliphatic heterocycles. The van der Waals surface area contributed by atoms with Gasteiger partial charge in [-0.05, 0) is 19.1 Å². The molecule has 11 heteroatoms. The molecule has 0 aliphatic rings. The summed E-state index contributed by atoms with van der Waals surface area (Å²) in [6.07, 6.45) is -0.0471. The number of hydrogen-bond acceptors (Lipinski definition) is 6. The number of nitrogens with zero attached hydrogens (tertiary/aromatic N) is 1. The van der Waals surface area contributed by atoms with E-state index in [0.29, 0.717) is 5.69 Å². The lowest BCUT2D eigenvalue weighted by Crippen LogP contribution is -2.14. The number of carbonyl (C=O) groups excluding carboxylic acids is 1. The van der Waals surface area contributed by atoms with Gasteiger partial charge in [0, 0.05) is 10.4 Å². The third kappa shape index (κ3) is 4.73. The van der Waals surface area contributed by atoms with Crippen molar-refractivity contribution in [3.63, 3.8) is 0 Å². The Kier molecular flexibility index (Phi) is 6.33. The number of esters is 1. The van der Waals surface area contributed by atoms with E-state index in [1.807, 2.05) is 0 Å². The first-order valence-corrected chi connectivity index (χ1v) is 10.00. The number of anilines is 1. The van der Waals surface area contributed by atoms with Gasteiger partial charge in [-0.15, -0.1) is 11.3 Å². The average Bonchev–Trinajstić information content (AvgIpc) is 2.83. The van der Waals surface area contributed by atoms with Crippen molar-refractivity contribution in [2.45, 2.75) is 18.2 Å². The van der Waals surface area contributed by atoms with Crippen molar-refractivity contribution in [2.24, 2.45) is 0 Å². The fraction of sp³-hybridized carbons (Fsp3) is 0.231. The molecule has 130 valence electrons. The fourth-order valence-corrected chi connectivity index (χ4v) is 5.26. The predicted octanol–water partition coefficient (Wildman–Crippen LogP) is 4.01. The minimum atomic E-state index is -4.06. The predicted molar refractivity (Wildman–Crippen MR) is 94.7 cm³/mol. The molecule has 0 spiro atoms. The van der Waals surface area contributed by atoms with Gasteiger partial charge in [-0.3, -0.25) is 9.52 Å². The van der Waals surface area contributed by atoms with Crippen LogP contribution in [-0.2, 0) is 26.0 Å². The van der Waals surface area contributed by atoms with Crippen LogP contribution in [-0.4, -0.2) is 26.0 Å². The molecule has 6 nitrogen and oxygen atoms in total. The normalized spacial score (nSPS) is 11.3. The highest BCUT2D eigenvalue weighted by atomic mass is 35.5. The van der Waals surface area contributed by atoms with E-state index < -0.39 is 16.0 Å². The molecule has 1 aromatic carbocycles. The summed E-state index contributed by atoms with van der Waals surface area (Å²) >= 11 is 18.7. The zero-order valence-corrected chi connectivity index (χ0v) is 16.1. The van der Waals surface area contributed by atoms with Gasteiger partial charge < -0.3 is 4.74 Å². The number of sulfonamides is 1. The zero-order valence-electron chi connectivity index (χ0n) is 12.2. The SMILES string of the molecule is CCOC(=O)Cc1csc(NS(=O)(=O)c2c(Cl)cc(Cl)cc2Cl)n1. The van der Waals surface area contributed by atoms with E-state index >= 15 is 0 Å². The third-order valence-electron chi connectivity index (χ3n) is 2.64. The summed E-state index contributed by atoms with van der Waals surface area (Å²) in [5.41, 5.74) is 0.393. The van der Waals surface area contributed by atoms with Crippen LogP contribution in [0.1, 0.15) is 12.6 Å². The zero-order chi connectivity index (χ0) is 17.9. The monoisotopic (exact) mass is 428 g/mol. The highest BCUT2D eigenvalue weighted by molar-refractivity contribution is 7.93. The van der Waals surface area contributed by atoms with Gasteiger partial charge in [0.25, 0.3) is 10.0 Å². The van der Waals surface area contributed by atoms with Crippen LogP contribution in [0, 0.1) is 0 Å². The molecular formula is C13H11Cl3N2O4S2. The molecular weight excluding hydrogens is 419 g/mol. The summed E-state index contributed by atoms with van der Waals surface area (Å²) < 4.78 is 32.0. The Morgan fingerprint density at radius 3 is 2.50 bits per heavy atom. The molecule has 1 aromatic heterocycles. The van der Waals surface area contributed by atoms with E-state index in [1.165, 1.54) is 12.1 Å². The Morgan fingerprint density at radius 1 is 1.29 bits per heavy atom. The van der Waals surface area contributed by atoms with E-state index in [2.05, 4.69) is 9.71 Å². The van der Waals surface area contributed by atoms with Crippen LogP contribution in [0.4, 0.5) is 5.13 Å². The average molecular weight is 430 g/mol. The largest absolute Gasteiger partial charge is 0.466 e. The maximum absolute atomic E-state index is 12.4. The molecule has 2 aromatic rings. The van der Waals surface area contributed by atoms with E-state index in [9.17, 15) is 13.2 Å². The summed E-state index contributed by atoms with van der Waals surface area (Å²) in [5, 5.41) is 1.64. The van der Waals surface area contributed by atoms with Gasteiger partial charge in [0.1, 0.15) is 4.90 Å². The Labute approximate surface area is 157 Å². The van der Waals surface area contributed by atoms with Gasteiger partial charge in [0.15, 0.2) is 5.13 Å². The van der Waals surface area contributed by atoms with Crippen LogP contribution in [0.2, 0.25) is 15.1 Å². The maximum atomic E-state index is 12.4. The number of hydrogen-bond donors (Lipinski definition) is 1. The summed E-state index contributed by atoms with van der Waals surface area (Å²) in [5.74, 6) is -0.444. The lowest BCUT2D eigenvalue weighted by Gasteiger charge is -2.09. The van der Waals surface area contributed by atoms with Gasteiger partial charge in [-0.1, -0.05) is 34.8 Å². The number of ether oxygens (including phenoxy) is 1. The third-order valence-corrected chi connectivity index (χ3v) is 6.05. The number of carbonyl (C=O) groups is 1. The van der Waals surface area contributed by atoms with Crippen molar-refractivity contribution < 1.29 is 17.9 Å². The molecule has 0 saturated carbocycles. The van der Waals surface area contributed by atoms with E-state index in [-0.39, 0.29) is 38.1 Å². The minimum absolute atomic E-state index is 0.0471. The first-order chi connectivity index (χ1) is 11.2. The molecule has 1 heterocycles. The molecule has 0 amide bonds. The van der Waals surface area contributed by atoms with Gasteiger partial charge in [0.2, 0.25) is 0 Å². The van der Waals surface area contributed by atoms with Crippen LogP contribution in [0.3, 0.4) is 0 Å². The van der Waals surface area contributed by atoms with Crippen molar-refractivity contribution in [1.29, 1.82) is 0 Å². The van der Waals surface area contributed by atoms with Crippen molar-refractivity contribution in [3.8, 4) is 0 Å². The molecule has 0 saturated heterocycles.